The average Bonchev–Trinajstić information content (AvgIpc) is 2.45. The molecule has 0 aliphatic heterocycles. The lowest BCUT2D eigenvalue weighted by Crippen LogP contribution is -2.23. The summed E-state index contributed by atoms with van der Waals surface area (Å²) in [6.07, 6.45) is 1.53. The highest BCUT2D eigenvalue weighted by molar-refractivity contribution is 5.45. The van der Waals surface area contributed by atoms with Crippen molar-refractivity contribution < 1.29 is 4.74 Å². The number of nitrogen functional groups attached to an aromatic ring is 1. The largest absolute Gasteiger partial charge is 0.478 e. The van der Waals surface area contributed by atoms with Crippen LogP contribution in [0.5, 0.6) is 5.88 Å². The standard InChI is InChI=1S/C15H20N4O/c1-3-19(10-12-6-5-7-13(16)8-12)14-9-15(20-4-2)18-11-17-14/h5-9,11H,3-4,10,16H2,1-2H3. The van der Waals surface area contributed by atoms with E-state index in [2.05, 4.69) is 27.9 Å². The second-order valence-corrected chi connectivity index (χ2v) is 4.41. The first-order valence-corrected chi connectivity index (χ1v) is 6.77. The first kappa shape index (κ1) is 14.1. The molecule has 0 spiro atoms. The van der Waals surface area contributed by atoms with Crippen molar-refractivity contribution in [3.8, 4) is 5.88 Å². The molecule has 0 unspecified atom stereocenters. The summed E-state index contributed by atoms with van der Waals surface area (Å²) in [7, 11) is 0. The minimum absolute atomic E-state index is 0.595. The minimum atomic E-state index is 0.595. The number of anilines is 2. The maximum Gasteiger partial charge on any atom is 0.218 e. The van der Waals surface area contributed by atoms with E-state index in [-0.39, 0.29) is 0 Å². The molecule has 0 amide bonds. The molecule has 2 rings (SSSR count). The Balaban J connectivity index is 2.17. The van der Waals surface area contributed by atoms with Gasteiger partial charge in [0, 0.05) is 24.8 Å². The van der Waals surface area contributed by atoms with Crippen LogP contribution < -0.4 is 15.4 Å². The summed E-state index contributed by atoms with van der Waals surface area (Å²) in [5, 5.41) is 0. The third-order valence-corrected chi connectivity index (χ3v) is 2.95. The number of hydrogen-bond acceptors (Lipinski definition) is 5. The molecular formula is C15H20N4O. The van der Waals surface area contributed by atoms with E-state index in [1.165, 1.54) is 6.33 Å². The molecular weight excluding hydrogens is 252 g/mol. The van der Waals surface area contributed by atoms with E-state index in [4.69, 9.17) is 10.5 Å². The van der Waals surface area contributed by atoms with Crippen molar-refractivity contribution in [3.63, 3.8) is 0 Å². The molecule has 0 aliphatic rings. The molecule has 5 nitrogen and oxygen atoms in total. The minimum Gasteiger partial charge on any atom is -0.478 e. The fourth-order valence-corrected chi connectivity index (χ4v) is 2.00. The average molecular weight is 272 g/mol. The van der Waals surface area contributed by atoms with E-state index in [0.29, 0.717) is 12.5 Å². The van der Waals surface area contributed by atoms with Gasteiger partial charge in [0.25, 0.3) is 0 Å². The number of ether oxygens (including phenoxy) is 1. The molecule has 0 saturated heterocycles. The lowest BCUT2D eigenvalue weighted by molar-refractivity contribution is 0.326. The number of rotatable bonds is 6. The van der Waals surface area contributed by atoms with Crippen LogP contribution in [-0.4, -0.2) is 23.1 Å². The van der Waals surface area contributed by atoms with Gasteiger partial charge in [0.1, 0.15) is 12.1 Å². The predicted octanol–water partition coefficient (Wildman–Crippen LogP) is 2.48. The number of nitrogens with zero attached hydrogens (tertiary/aromatic N) is 3. The quantitative estimate of drug-likeness (QED) is 0.818. The molecule has 20 heavy (non-hydrogen) atoms. The molecule has 0 fully saturated rings. The van der Waals surface area contributed by atoms with Gasteiger partial charge < -0.3 is 15.4 Å². The highest BCUT2D eigenvalue weighted by Crippen LogP contribution is 2.18. The number of hydrogen-bond donors (Lipinski definition) is 1. The van der Waals surface area contributed by atoms with Gasteiger partial charge in [0.05, 0.1) is 6.61 Å². The monoisotopic (exact) mass is 272 g/mol. The Kier molecular flexibility index (Phi) is 4.76. The lowest BCUT2D eigenvalue weighted by atomic mass is 10.2. The van der Waals surface area contributed by atoms with Gasteiger partial charge in [0.15, 0.2) is 0 Å². The van der Waals surface area contributed by atoms with Gasteiger partial charge in [-0.3, -0.25) is 0 Å². The summed E-state index contributed by atoms with van der Waals surface area (Å²) < 4.78 is 5.41. The molecule has 106 valence electrons. The smallest absolute Gasteiger partial charge is 0.218 e. The zero-order valence-electron chi connectivity index (χ0n) is 11.9. The molecule has 0 saturated carbocycles. The van der Waals surface area contributed by atoms with Gasteiger partial charge in [-0.15, -0.1) is 0 Å². The third-order valence-electron chi connectivity index (χ3n) is 2.95. The number of nitrogens with two attached hydrogens (primary N) is 1. The Hall–Kier alpha value is -2.30. The molecule has 0 atom stereocenters. The summed E-state index contributed by atoms with van der Waals surface area (Å²) >= 11 is 0. The van der Waals surface area contributed by atoms with Gasteiger partial charge >= 0.3 is 0 Å². The fourth-order valence-electron chi connectivity index (χ4n) is 2.00. The van der Waals surface area contributed by atoms with Crippen molar-refractivity contribution >= 4 is 11.5 Å². The first-order valence-electron chi connectivity index (χ1n) is 6.77. The Morgan fingerprint density at radius 3 is 2.75 bits per heavy atom. The Labute approximate surface area is 119 Å². The van der Waals surface area contributed by atoms with Crippen LogP contribution in [0.25, 0.3) is 0 Å². The maximum atomic E-state index is 5.81. The molecule has 2 aromatic rings. The number of aromatic nitrogens is 2. The topological polar surface area (TPSA) is 64.3 Å². The zero-order chi connectivity index (χ0) is 14.4. The van der Waals surface area contributed by atoms with Gasteiger partial charge in [-0.1, -0.05) is 12.1 Å². The number of benzene rings is 1. The van der Waals surface area contributed by atoms with E-state index >= 15 is 0 Å². The molecule has 0 bridgehead atoms. The van der Waals surface area contributed by atoms with Crippen molar-refractivity contribution in [1.82, 2.24) is 9.97 Å². The normalized spacial score (nSPS) is 10.3. The molecule has 0 radical (unpaired) electrons. The van der Waals surface area contributed by atoms with Crippen LogP contribution >= 0.6 is 0 Å². The molecule has 1 aromatic heterocycles. The van der Waals surface area contributed by atoms with Crippen LogP contribution in [0.4, 0.5) is 11.5 Å². The predicted molar refractivity (Wildman–Crippen MR) is 80.8 cm³/mol. The second-order valence-electron chi connectivity index (χ2n) is 4.41. The Bertz CT molecular complexity index is 559. The van der Waals surface area contributed by atoms with Crippen LogP contribution in [0.3, 0.4) is 0 Å². The van der Waals surface area contributed by atoms with Crippen molar-refractivity contribution in [2.75, 3.05) is 23.8 Å². The van der Waals surface area contributed by atoms with Gasteiger partial charge in [-0.2, -0.15) is 0 Å². The van der Waals surface area contributed by atoms with E-state index in [9.17, 15) is 0 Å². The highest BCUT2D eigenvalue weighted by atomic mass is 16.5. The van der Waals surface area contributed by atoms with E-state index < -0.39 is 0 Å². The van der Waals surface area contributed by atoms with E-state index in [1.807, 2.05) is 31.2 Å². The van der Waals surface area contributed by atoms with E-state index in [0.717, 1.165) is 30.2 Å². The van der Waals surface area contributed by atoms with Crippen LogP contribution in [-0.2, 0) is 6.54 Å². The maximum absolute atomic E-state index is 5.81. The molecule has 1 heterocycles. The van der Waals surface area contributed by atoms with Crippen molar-refractivity contribution in [1.29, 1.82) is 0 Å². The lowest BCUT2D eigenvalue weighted by Gasteiger charge is -2.22. The van der Waals surface area contributed by atoms with Crippen molar-refractivity contribution in [2.24, 2.45) is 0 Å². The van der Waals surface area contributed by atoms with Gasteiger partial charge in [-0.25, -0.2) is 9.97 Å². The zero-order valence-corrected chi connectivity index (χ0v) is 11.9. The highest BCUT2D eigenvalue weighted by Gasteiger charge is 2.08. The molecule has 0 aliphatic carbocycles. The summed E-state index contributed by atoms with van der Waals surface area (Å²) in [5.74, 6) is 1.46. The van der Waals surface area contributed by atoms with Crippen LogP contribution in [0, 0.1) is 0 Å². The molecule has 5 heteroatoms. The first-order chi connectivity index (χ1) is 9.72. The van der Waals surface area contributed by atoms with Crippen molar-refractivity contribution in [3.05, 3.63) is 42.2 Å². The van der Waals surface area contributed by atoms with E-state index in [1.54, 1.807) is 0 Å². The Morgan fingerprint density at radius 1 is 1.20 bits per heavy atom. The molecule has 1 aromatic carbocycles. The fraction of sp³-hybridized carbons (Fsp3) is 0.333. The summed E-state index contributed by atoms with van der Waals surface area (Å²) in [6, 6.07) is 9.75. The van der Waals surface area contributed by atoms with Crippen molar-refractivity contribution in [2.45, 2.75) is 20.4 Å². The summed E-state index contributed by atoms with van der Waals surface area (Å²) in [5.41, 5.74) is 7.74. The van der Waals surface area contributed by atoms with Gasteiger partial charge in [0.2, 0.25) is 5.88 Å². The van der Waals surface area contributed by atoms with Crippen LogP contribution in [0.2, 0.25) is 0 Å². The summed E-state index contributed by atoms with van der Waals surface area (Å²) in [4.78, 5) is 10.6. The van der Waals surface area contributed by atoms with Gasteiger partial charge in [-0.05, 0) is 31.5 Å². The summed E-state index contributed by atoms with van der Waals surface area (Å²) in [6.45, 7) is 6.22. The Morgan fingerprint density at radius 2 is 2.05 bits per heavy atom. The SMILES string of the molecule is CCOc1cc(N(CC)Cc2cccc(N)c2)ncn1. The van der Waals surface area contributed by atoms with Crippen LogP contribution in [0.15, 0.2) is 36.7 Å². The second kappa shape index (κ2) is 6.75. The van der Waals surface area contributed by atoms with Crippen LogP contribution in [0.1, 0.15) is 19.4 Å². The molecule has 2 N–H and O–H groups in total. The third kappa shape index (κ3) is 3.60.